The summed E-state index contributed by atoms with van der Waals surface area (Å²) in [5.41, 5.74) is 3.20. The van der Waals surface area contributed by atoms with E-state index in [1.807, 2.05) is 41.3 Å². The van der Waals surface area contributed by atoms with Crippen LogP contribution in [0, 0.1) is 11.2 Å². The van der Waals surface area contributed by atoms with Gasteiger partial charge in [0.1, 0.15) is 5.82 Å². The number of halogens is 1. The standard InChI is InChI=1S/C29H33FN4O2/c1-29(2,3)20-34-25-11-7-5-9-23(25)19-33(18-21-12-14-31-15-13-21)26(28(34)36)16-27(35)32-17-22-8-4-6-10-24(22)30/h4-15,26H,16-20H2,1-3H3,(H,32,35). The molecule has 2 aromatic carbocycles. The van der Waals surface area contributed by atoms with Crippen LogP contribution < -0.4 is 10.2 Å². The van der Waals surface area contributed by atoms with Gasteiger partial charge in [0, 0.05) is 49.8 Å². The minimum absolute atomic E-state index is 0.0208. The fourth-order valence-electron chi connectivity index (χ4n) is 4.52. The van der Waals surface area contributed by atoms with E-state index in [0.29, 0.717) is 25.2 Å². The van der Waals surface area contributed by atoms with Crippen molar-refractivity contribution >= 4 is 17.5 Å². The first-order chi connectivity index (χ1) is 17.2. The number of anilines is 1. The third kappa shape index (κ3) is 6.34. The van der Waals surface area contributed by atoms with Crippen molar-refractivity contribution in [2.24, 2.45) is 5.41 Å². The van der Waals surface area contributed by atoms with Gasteiger partial charge in [-0.15, -0.1) is 0 Å². The molecule has 0 saturated heterocycles. The van der Waals surface area contributed by atoms with E-state index in [2.05, 4.69) is 36.0 Å². The van der Waals surface area contributed by atoms with Crippen LogP contribution in [-0.2, 0) is 29.2 Å². The Balaban J connectivity index is 1.63. The van der Waals surface area contributed by atoms with Gasteiger partial charge in [0.15, 0.2) is 0 Å². The number of carbonyl (C=O) groups excluding carboxylic acids is 2. The molecule has 0 spiro atoms. The SMILES string of the molecule is CC(C)(C)CN1C(=O)C(CC(=O)NCc2ccccc2F)N(Cc2ccncc2)Cc2ccccc21. The Morgan fingerprint density at radius 2 is 1.75 bits per heavy atom. The molecule has 0 saturated carbocycles. The second-order valence-electron chi connectivity index (χ2n) is 10.5. The number of amides is 2. The van der Waals surface area contributed by atoms with Crippen LogP contribution in [0.25, 0.3) is 0 Å². The van der Waals surface area contributed by atoms with E-state index in [4.69, 9.17) is 0 Å². The molecule has 0 bridgehead atoms. The summed E-state index contributed by atoms with van der Waals surface area (Å²) in [6.07, 6.45) is 3.43. The average molecular weight is 489 g/mol. The lowest BCUT2D eigenvalue weighted by atomic mass is 9.95. The highest BCUT2D eigenvalue weighted by atomic mass is 19.1. The maximum absolute atomic E-state index is 14.1. The summed E-state index contributed by atoms with van der Waals surface area (Å²) in [5.74, 6) is -0.766. The van der Waals surface area contributed by atoms with Crippen LogP contribution in [0.1, 0.15) is 43.9 Å². The van der Waals surface area contributed by atoms with Crippen LogP contribution in [0.2, 0.25) is 0 Å². The van der Waals surface area contributed by atoms with Gasteiger partial charge < -0.3 is 10.2 Å². The Labute approximate surface area is 212 Å². The summed E-state index contributed by atoms with van der Waals surface area (Å²) in [5, 5.41) is 2.81. The zero-order valence-corrected chi connectivity index (χ0v) is 21.1. The summed E-state index contributed by atoms with van der Waals surface area (Å²) >= 11 is 0. The highest BCUT2D eigenvalue weighted by molar-refractivity contribution is 6.00. The molecule has 1 aromatic heterocycles. The van der Waals surface area contributed by atoms with E-state index in [9.17, 15) is 14.0 Å². The van der Waals surface area contributed by atoms with E-state index < -0.39 is 6.04 Å². The number of pyridine rings is 1. The number of hydrogen-bond donors (Lipinski definition) is 1. The molecule has 36 heavy (non-hydrogen) atoms. The molecular formula is C29H33FN4O2. The lowest BCUT2D eigenvalue weighted by Gasteiger charge is -2.33. The van der Waals surface area contributed by atoms with Crippen LogP contribution in [0.3, 0.4) is 0 Å². The molecule has 7 heteroatoms. The van der Waals surface area contributed by atoms with Crippen molar-refractivity contribution in [2.75, 3.05) is 11.4 Å². The first-order valence-corrected chi connectivity index (χ1v) is 12.2. The Morgan fingerprint density at radius 3 is 2.47 bits per heavy atom. The van der Waals surface area contributed by atoms with Crippen molar-refractivity contribution in [3.8, 4) is 0 Å². The van der Waals surface area contributed by atoms with Gasteiger partial charge in [0.05, 0.1) is 12.5 Å². The molecule has 0 aliphatic carbocycles. The summed E-state index contributed by atoms with van der Waals surface area (Å²) < 4.78 is 14.1. The van der Waals surface area contributed by atoms with E-state index >= 15 is 0 Å². The van der Waals surface area contributed by atoms with Gasteiger partial charge in [-0.2, -0.15) is 0 Å². The van der Waals surface area contributed by atoms with Crippen LogP contribution in [0.5, 0.6) is 0 Å². The number of hydrogen-bond acceptors (Lipinski definition) is 4. The fraction of sp³-hybridized carbons (Fsp3) is 0.345. The zero-order valence-electron chi connectivity index (χ0n) is 21.1. The number of aromatic nitrogens is 1. The number of carbonyl (C=O) groups is 2. The predicted molar refractivity (Wildman–Crippen MR) is 138 cm³/mol. The minimum Gasteiger partial charge on any atom is -0.352 e. The largest absolute Gasteiger partial charge is 0.352 e. The Morgan fingerprint density at radius 1 is 1.06 bits per heavy atom. The van der Waals surface area contributed by atoms with E-state index in [1.54, 1.807) is 30.6 Å². The third-order valence-corrected chi connectivity index (χ3v) is 6.23. The molecule has 0 radical (unpaired) electrons. The van der Waals surface area contributed by atoms with E-state index in [1.165, 1.54) is 6.07 Å². The first kappa shape index (κ1) is 25.5. The lowest BCUT2D eigenvalue weighted by molar-refractivity contribution is -0.130. The van der Waals surface area contributed by atoms with Crippen LogP contribution >= 0.6 is 0 Å². The number of rotatable bonds is 7. The van der Waals surface area contributed by atoms with Crippen LogP contribution in [0.4, 0.5) is 10.1 Å². The van der Waals surface area contributed by atoms with Gasteiger partial charge in [0.2, 0.25) is 11.8 Å². The summed E-state index contributed by atoms with van der Waals surface area (Å²) in [7, 11) is 0. The summed E-state index contributed by atoms with van der Waals surface area (Å²) in [6.45, 7) is 7.91. The van der Waals surface area contributed by atoms with Gasteiger partial charge in [-0.05, 0) is 40.8 Å². The highest BCUT2D eigenvalue weighted by Gasteiger charge is 2.38. The first-order valence-electron chi connectivity index (χ1n) is 12.2. The second kappa shape index (κ2) is 11.0. The molecular weight excluding hydrogens is 455 g/mol. The Hall–Kier alpha value is -3.58. The zero-order chi connectivity index (χ0) is 25.7. The fourth-order valence-corrected chi connectivity index (χ4v) is 4.52. The van der Waals surface area contributed by atoms with Gasteiger partial charge in [-0.3, -0.25) is 19.5 Å². The van der Waals surface area contributed by atoms with Crippen LogP contribution in [-0.4, -0.2) is 34.3 Å². The maximum Gasteiger partial charge on any atom is 0.244 e. The molecule has 2 amide bonds. The van der Waals surface area contributed by atoms with Crippen molar-refractivity contribution in [1.82, 2.24) is 15.2 Å². The quantitative estimate of drug-likeness (QED) is 0.524. The van der Waals surface area contributed by atoms with Crippen molar-refractivity contribution in [3.63, 3.8) is 0 Å². The van der Waals surface area contributed by atoms with Crippen molar-refractivity contribution in [1.29, 1.82) is 0 Å². The smallest absolute Gasteiger partial charge is 0.244 e. The van der Waals surface area contributed by atoms with E-state index in [-0.39, 0.29) is 36.0 Å². The third-order valence-electron chi connectivity index (χ3n) is 6.23. The molecule has 6 nitrogen and oxygen atoms in total. The molecule has 1 atom stereocenters. The number of benzene rings is 2. The molecule has 1 unspecified atom stereocenters. The number of nitrogens with zero attached hydrogens (tertiary/aromatic N) is 3. The molecule has 0 fully saturated rings. The number of para-hydroxylation sites is 1. The van der Waals surface area contributed by atoms with E-state index in [0.717, 1.165) is 16.8 Å². The lowest BCUT2D eigenvalue weighted by Crippen LogP contribution is -2.50. The molecule has 2 heterocycles. The van der Waals surface area contributed by atoms with Crippen molar-refractivity contribution < 1.29 is 14.0 Å². The van der Waals surface area contributed by atoms with Gasteiger partial charge in [-0.25, -0.2) is 4.39 Å². The summed E-state index contributed by atoms with van der Waals surface area (Å²) in [4.78, 5) is 35.1. The number of fused-ring (bicyclic) bond motifs is 1. The molecule has 4 rings (SSSR count). The van der Waals surface area contributed by atoms with Crippen molar-refractivity contribution in [3.05, 3.63) is 95.6 Å². The molecule has 1 N–H and O–H groups in total. The Bertz CT molecular complexity index is 1210. The molecule has 3 aromatic rings. The van der Waals surface area contributed by atoms with Gasteiger partial charge in [0.25, 0.3) is 0 Å². The van der Waals surface area contributed by atoms with Gasteiger partial charge >= 0.3 is 0 Å². The monoisotopic (exact) mass is 488 g/mol. The Kier molecular flexibility index (Phi) is 7.79. The van der Waals surface area contributed by atoms with Gasteiger partial charge in [-0.1, -0.05) is 57.2 Å². The second-order valence-corrected chi connectivity index (χ2v) is 10.5. The number of nitrogens with one attached hydrogen (secondary N) is 1. The maximum atomic E-state index is 14.1. The average Bonchev–Trinajstić information content (AvgIpc) is 2.94. The summed E-state index contributed by atoms with van der Waals surface area (Å²) in [6, 6.07) is 17.5. The predicted octanol–water partition coefficient (Wildman–Crippen LogP) is 4.69. The molecule has 188 valence electrons. The highest BCUT2D eigenvalue weighted by Crippen LogP contribution is 2.32. The van der Waals surface area contributed by atoms with Crippen LogP contribution in [0.15, 0.2) is 73.1 Å². The minimum atomic E-state index is -0.673. The molecule has 1 aliphatic rings. The normalized spacial score (nSPS) is 16.4. The van der Waals surface area contributed by atoms with Crippen molar-refractivity contribution in [2.45, 2.75) is 52.9 Å². The topological polar surface area (TPSA) is 65.5 Å². The molecule has 1 aliphatic heterocycles.